The van der Waals surface area contributed by atoms with Crippen LogP contribution < -0.4 is 17.4 Å². The Labute approximate surface area is 96.2 Å². The summed E-state index contributed by atoms with van der Waals surface area (Å²) < 4.78 is 31.2. The maximum Gasteiger partial charge on any atom is 0.124 e. The van der Waals surface area contributed by atoms with Crippen molar-refractivity contribution in [1.29, 1.82) is 0 Å². The highest BCUT2D eigenvalue weighted by molar-refractivity contribution is 7.85. The van der Waals surface area contributed by atoms with Gasteiger partial charge in [-0.1, -0.05) is 24.6 Å². The Balaban J connectivity index is -0.000000306. The van der Waals surface area contributed by atoms with Crippen LogP contribution in [0, 0.1) is 6.92 Å². The second-order valence-electron chi connectivity index (χ2n) is 2.56. The van der Waals surface area contributed by atoms with E-state index in [1.165, 1.54) is 12.1 Å². The summed E-state index contributed by atoms with van der Waals surface area (Å²) in [6.45, 7) is 3.39. The van der Waals surface area contributed by atoms with Crippen LogP contribution in [0.4, 0.5) is 0 Å². The normalized spacial score (nSPS) is 9.00. The van der Waals surface area contributed by atoms with Crippen molar-refractivity contribution in [3.05, 3.63) is 29.8 Å². The molecule has 7 heteroatoms. The van der Waals surface area contributed by atoms with Gasteiger partial charge in [0.25, 0.3) is 0 Å². The summed E-state index contributed by atoms with van der Waals surface area (Å²) in [6.07, 6.45) is 0. The summed E-state index contributed by atoms with van der Waals surface area (Å²) in [6, 6.07) is 5.78. The Morgan fingerprint density at radius 2 is 1.44 bits per heavy atom. The van der Waals surface area contributed by atoms with Gasteiger partial charge in [0.05, 0.1) is 4.90 Å². The van der Waals surface area contributed by atoms with Gasteiger partial charge >= 0.3 is 0 Å². The van der Waals surface area contributed by atoms with E-state index in [-0.39, 0.29) is 23.8 Å². The van der Waals surface area contributed by atoms with Crippen molar-refractivity contribution in [2.45, 2.75) is 18.7 Å². The molecule has 6 nitrogen and oxygen atoms in total. The highest BCUT2D eigenvalue weighted by Crippen LogP contribution is 2.08. The molecule has 0 aliphatic carbocycles. The molecule has 1 rings (SSSR count). The number of hydrogen-bond acceptors (Lipinski definition) is 4. The van der Waals surface area contributed by atoms with Gasteiger partial charge in [0, 0.05) is 0 Å². The molecule has 0 aromatic heterocycles. The minimum absolute atomic E-state index is 0. The maximum atomic E-state index is 10.4. The van der Waals surface area contributed by atoms with E-state index in [4.69, 9.17) is 5.11 Å². The summed E-state index contributed by atoms with van der Waals surface area (Å²) in [4.78, 5) is -0.178. The first-order valence-electron chi connectivity index (χ1n) is 4.02. The molecule has 0 fully saturated rings. The predicted octanol–water partition coefficient (Wildman–Crippen LogP) is 1.02. The van der Waals surface area contributed by atoms with Gasteiger partial charge in [-0.3, -0.25) is 0 Å². The summed E-state index contributed by atoms with van der Waals surface area (Å²) in [5, 5.41) is 8.93. The topological polar surface area (TPSA) is 153 Å². The molecular weight excluding hydrogens is 232 g/mol. The van der Waals surface area contributed by atoms with Gasteiger partial charge in [-0.2, -0.15) is 0 Å². The first kappa shape index (κ1) is 20.4. The molecule has 0 aliphatic rings. The maximum absolute atomic E-state index is 10.4. The fourth-order valence-corrected chi connectivity index (χ4v) is 1.17. The molecule has 0 saturated heterocycles. The zero-order valence-corrected chi connectivity index (χ0v) is 10.9. The van der Waals surface area contributed by atoms with Gasteiger partial charge in [-0.05, 0) is 19.1 Å². The fraction of sp³-hybridized carbons (Fsp3) is 0.333. The van der Waals surface area contributed by atoms with E-state index in [2.05, 4.69) is 0 Å². The van der Waals surface area contributed by atoms with Crippen LogP contribution in [0.2, 0.25) is 0 Å². The standard InChI is InChI=1S/C7H8O3S.C2H5O.2H3N/c1-6-2-4-7(5-3-6)11(8,9)10;1-2-3;;/h2-5H,1H3,(H,8,9,10);2H2,1H3;2*1H3/q;-1;;/p+1. The zero-order chi connectivity index (χ0) is 11.2. The lowest BCUT2D eigenvalue weighted by Crippen LogP contribution is -1.97. The number of rotatable bonds is 1. The van der Waals surface area contributed by atoms with Gasteiger partial charge in [0.1, 0.15) is 10.1 Å². The third-order valence-electron chi connectivity index (χ3n) is 1.31. The number of hydrogen-bond donors (Lipinski definition) is 2. The van der Waals surface area contributed by atoms with E-state index < -0.39 is 10.1 Å². The van der Waals surface area contributed by atoms with Crippen molar-refractivity contribution in [1.82, 2.24) is 12.3 Å². The van der Waals surface area contributed by atoms with Gasteiger partial charge in [-0.15, -0.1) is 6.61 Å². The molecule has 0 spiro atoms. The van der Waals surface area contributed by atoms with Gasteiger partial charge in [-0.25, -0.2) is 8.42 Å². The van der Waals surface area contributed by atoms with Crippen molar-refractivity contribution >= 4 is 10.1 Å². The van der Waals surface area contributed by atoms with E-state index >= 15 is 0 Å². The van der Waals surface area contributed by atoms with Crippen LogP contribution in [0.3, 0.4) is 0 Å². The lowest BCUT2D eigenvalue weighted by atomic mass is 10.2. The second kappa shape index (κ2) is 9.25. The third kappa shape index (κ3) is 8.33. The minimum Gasteiger partial charge on any atom is -0.855 e. The molecule has 0 saturated carbocycles. The van der Waals surface area contributed by atoms with Crippen LogP contribution in [0.15, 0.2) is 29.2 Å². The van der Waals surface area contributed by atoms with Crippen LogP contribution in [0.5, 0.6) is 0 Å². The smallest absolute Gasteiger partial charge is 0.124 e. The lowest BCUT2D eigenvalue weighted by molar-refractivity contribution is -0.361. The molecule has 0 heterocycles. The molecule has 0 radical (unpaired) electrons. The van der Waals surface area contributed by atoms with E-state index in [1.807, 2.05) is 6.92 Å². The van der Waals surface area contributed by atoms with Crippen molar-refractivity contribution in [2.24, 2.45) is 0 Å². The Kier molecular flexibility index (Phi) is 11.8. The van der Waals surface area contributed by atoms with Gasteiger partial charge in [0.15, 0.2) is 0 Å². The van der Waals surface area contributed by atoms with E-state index in [0.717, 1.165) is 5.56 Å². The van der Waals surface area contributed by atoms with Gasteiger partial charge in [0.2, 0.25) is 0 Å². The molecule has 1 aromatic carbocycles. The Hall–Kier alpha value is -0.990. The average molecular weight is 252 g/mol. The Morgan fingerprint density at radius 3 is 1.69 bits per heavy atom. The van der Waals surface area contributed by atoms with Crippen molar-refractivity contribution in [2.75, 3.05) is 6.61 Å². The van der Waals surface area contributed by atoms with Crippen LogP contribution in [-0.2, 0) is 10.1 Å². The highest BCUT2D eigenvalue weighted by Gasteiger charge is 1.97. The molecule has 8 N–H and O–H groups in total. The Bertz CT molecular complexity index is 362. The van der Waals surface area contributed by atoms with Crippen molar-refractivity contribution in [3.8, 4) is 0 Å². The molecular formula is C9H20N2O4S. The lowest BCUT2D eigenvalue weighted by Gasteiger charge is -2.05. The SMILES string of the molecule is CC[O-].Cc1ccc(S(=O)(=O)[O-])cc1.[NH4+].[NH4+]. The molecule has 0 atom stereocenters. The number of benzene rings is 1. The summed E-state index contributed by atoms with van der Waals surface area (Å²) in [5.41, 5.74) is 0.928. The summed E-state index contributed by atoms with van der Waals surface area (Å²) in [5.74, 6) is 0. The minimum atomic E-state index is -4.27. The molecule has 1 aromatic rings. The van der Waals surface area contributed by atoms with E-state index in [1.54, 1.807) is 19.1 Å². The molecule has 96 valence electrons. The van der Waals surface area contributed by atoms with Crippen molar-refractivity contribution < 1.29 is 18.1 Å². The fourth-order valence-electron chi connectivity index (χ4n) is 0.705. The largest absolute Gasteiger partial charge is 0.855 e. The van der Waals surface area contributed by atoms with Crippen molar-refractivity contribution in [3.63, 3.8) is 0 Å². The summed E-state index contributed by atoms with van der Waals surface area (Å²) >= 11 is 0. The third-order valence-corrected chi connectivity index (χ3v) is 2.16. The van der Waals surface area contributed by atoms with Crippen LogP contribution in [0.25, 0.3) is 0 Å². The van der Waals surface area contributed by atoms with Crippen LogP contribution >= 0.6 is 0 Å². The molecule has 0 amide bonds. The average Bonchev–Trinajstić information content (AvgIpc) is 2.04. The van der Waals surface area contributed by atoms with Gasteiger partial charge < -0.3 is 22.0 Å². The monoisotopic (exact) mass is 252 g/mol. The quantitative estimate of drug-likeness (QED) is 0.716. The second-order valence-corrected chi connectivity index (χ2v) is 3.94. The molecule has 0 unspecified atom stereocenters. The first-order chi connectivity index (χ1) is 6.41. The van der Waals surface area contributed by atoms with E-state index in [0.29, 0.717) is 0 Å². The Morgan fingerprint density at radius 1 is 1.12 bits per heavy atom. The molecule has 0 aliphatic heterocycles. The van der Waals surface area contributed by atoms with E-state index in [9.17, 15) is 13.0 Å². The number of aryl methyl sites for hydroxylation is 1. The molecule has 16 heavy (non-hydrogen) atoms. The van der Waals surface area contributed by atoms with Crippen LogP contribution in [0.1, 0.15) is 12.5 Å². The number of quaternary nitrogens is 2. The highest BCUT2D eigenvalue weighted by atomic mass is 32.2. The first-order valence-corrected chi connectivity index (χ1v) is 5.43. The van der Waals surface area contributed by atoms with Crippen LogP contribution in [-0.4, -0.2) is 19.6 Å². The zero-order valence-electron chi connectivity index (χ0n) is 10.1. The molecule has 0 bridgehead atoms. The predicted molar refractivity (Wildman–Crippen MR) is 61.7 cm³/mol. The summed E-state index contributed by atoms with van der Waals surface area (Å²) in [7, 11) is -4.27.